The molecule has 2 N–H and O–H groups in total. The molecule has 0 fully saturated rings. The number of para-hydroxylation sites is 1. The van der Waals surface area contributed by atoms with Gasteiger partial charge < -0.3 is 10.1 Å². The highest BCUT2D eigenvalue weighted by Gasteiger charge is 2.11. The third-order valence-corrected chi connectivity index (χ3v) is 4.09. The Morgan fingerprint density at radius 3 is 2.45 bits per heavy atom. The Hall–Kier alpha value is -3.94. The number of H-pyrrole nitrogens is 1. The maximum Gasteiger partial charge on any atom is 0.328 e. The lowest BCUT2D eigenvalue weighted by molar-refractivity contribution is -0.148. The molecular formula is C21H19N3O5. The van der Waals surface area contributed by atoms with Crippen LogP contribution in [0.15, 0.2) is 76.4 Å². The van der Waals surface area contributed by atoms with Gasteiger partial charge in [0.15, 0.2) is 6.61 Å². The molecule has 0 aliphatic rings. The lowest BCUT2D eigenvalue weighted by atomic mass is 10.0. The van der Waals surface area contributed by atoms with Crippen molar-refractivity contribution in [1.82, 2.24) is 9.55 Å². The molecule has 0 aliphatic carbocycles. The monoisotopic (exact) mass is 393 g/mol. The molecule has 0 aliphatic heterocycles. The summed E-state index contributed by atoms with van der Waals surface area (Å²) in [5, 5.41) is 2.74. The van der Waals surface area contributed by atoms with Crippen molar-refractivity contribution in [1.29, 1.82) is 0 Å². The molecule has 0 radical (unpaired) electrons. The Balaban J connectivity index is 1.56. The van der Waals surface area contributed by atoms with E-state index in [9.17, 15) is 19.2 Å². The first-order valence-corrected chi connectivity index (χ1v) is 8.88. The number of carbonyl (C=O) groups excluding carboxylic acids is 2. The van der Waals surface area contributed by atoms with Crippen molar-refractivity contribution in [2.45, 2.75) is 13.0 Å². The van der Waals surface area contributed by atoms with Gasteiger partial charge in [0.1, 0.15) is 6.54 Å². The van der Waals surface area contributed by atoms with Gasteiger partial charge in [-0.2, -0.15) is 0 Å². The average Bonchev–Trinajstić information content (AvgIpc) is 2.71. The van der Waals surface area contributed by atoms with Gasteiger partial charge in [0.05, 0.1) is 0 Å². The Morgan fingerprint density at radius 2 is 1.69 bits per heavy atom. The van der Waals surface area contributed by atoms with Crippen LogP contribution in [-0.2, 0) is 27.3 Å². The molecule has 3 aromatic rings. The number of aromatic amines is 1. The molecule has 148 valence electrons. The normalized spacial score (nSPS) is 10.3. The van der Waals surface area contributed by atoms with Crippen molar-refractivity contribution < 1.29 is 14.3 Å². The number of hydrogen-bond acceptors (Lipinski definition) is 5. The average molecular weight is 393 g/mol. The number of benzene rings is 2. The smallest absolute Gasteiger partial charge is 0.328 e. The molecule has 2 aromatic carbocycles. The second kappa shape index (κ2) is 9.32. The molecule has 0 atom stereocenters. The zero-order valence-electron chi connectivity index (χ0n) is 15.5. The Bertz CT molecular complexity index is 1120. The number of carbonyl (C=O) groups is 2. The number of nitrogens with zero attached hydrogens (tertiary/aromatic N) is 1. The van der Waals surface area contributed by atoms with Gasteiger partial charge in [-0.05, 0) is 23.6 Å². The van der Waals surface area contributed by atoms with Crippen LogP contribution in [0, 0.1) is 0 Å². The summed E-state index contributed by atoms with van der Waals surface area (Å²) >= 11 is 0. The Labute approximate surface area is 165 Å². The summed E-state index contributed by atoms with van der Waals surface area (Å²) in [6.45, 7) is -0.899. The molecule has 0 saturated carbocycles. The van der Waals surface area contributed by atoms with Crippen LogP contribution in [0.3, 0.4) is 0 Å². The SMILES string of the molecule is O=C(COC(=O)Cn1ccc(=O)[nH]c1=O)Nc1ccccc1Cc1ccccc1. The summed E-state index contributed by atoms with van der Waals surface area (Å²) < 4.78 is 5.90. The summed E-state index contributed by atoms with van der Waals surface area (Å²) in [5.41, 5.74) is 1.38. The third-order valence-electron chi connectivity index (χ3n) is 4.09. The van der Waals surface area contributed by atoms with Gasteiger partial charge in [0, 0.05) is 18.0 Å². The largest absolute Gasteiger partial charge is 0.454 e. The summed E-state index contributed by atoms with van der Waals surface area (Å²) in [4.78, 5) is 48.7. The minimum atomic E-state index is -0.771. The molecule has 0 saturated heterocycles. The first-order chi connectivity index (χ1) is 14.0. The highest BCUT2D eigenvalue weighted by molar-refractivity contribution is 5.93. The Kier molecular flexibility index (Phi) is 6.36. The van der Waals surface area contributed by atoms with E-state index in [-0.39, 0.29) is 0 Å². The number of ether oxygens (including phenoxy) is 1. The second-order valence-corrected chi connectivity index (χ2v) is 6.27. The zero-order chi connectivity index (χ0) is 20.6. The van der Waals surface area contributed by atoms with Crippen LogP contribution in [0.25, 0.3) is 0 Å². The van der Waals surface area contributed by atoms with Crippen LogP contribution in [0.5, 0.6) is 0 Å². The molecule has 0 bridgehead atoms. The number of aromatic nitrogens is 2. The molecule has 1 heterocycles. The quantitative estimate of drug-likeness (QED) is 0.588. The van der Waals surface area contributed by atoms with Gasteiger partial charge in [0.2, 0.25) is 0 Å². The summed E-state index contributed by atoms with van der Waals surface area (Å²) in [6, 6.07) is 18.3. The van der Waals surface area contributed by atoms with Gasteiger partial charge >= 0.3 is 11.7 Å². The van der Waals surface area contributed by atoms with Gasteiger partial charge in [-0.25, -0.2) is 4.79 Å². The number of hydrogen-bond donors (Lipinski definition) is 2. The lowest BCUT2D eigenvalue weighted by Crippen LogP contribution is -2.32. The summed E-state index contributed by atoms with van der Waals surface area (Å²) in [6.07, 6.45) is 1.83. The van der Waals surface area contributed by atoms with Crippen LogP contribution in [0.2, 0.25) is 0 Å². The highest BCUT2D eigenvalue weighted by Crippen LogP contribution is 2.19. The maximum atomic E-state index is 12.2. The van der Waals surface area contributed by atoms with E-state index in [4.69, 9.17) is 4.74 Å². The van der Waals surface area contributed by atoms with E-state index in [1.165, 1.54) is 6.20 Å². The van der Waals surface area contributed by atoms with Crippen LogP contribution in [0.1, 0.15) is 11.1 Å². The number of rotatable bonds is 7. The first-order valence-electron chi connectivity index (χ1n) is 8.88. The molecule has 3 rings (SSSR count). The van der Waals surface area contributed by atoms with Crippen LogP contribution in [0.4, 0.5) is 5.69 Å². The van der Waals surface area contributed by atoms with E-state index in [0.717, 1.165) is 21.8 Å². The van der Waals surface area contributed by atoms with E-state index in [1.807, 2.05) is 47.4 Å². The van der Waals surface area contributed by atoms with E-state index < -0.39 is 36.3 Å². The van der Waals surface area contributed by atoms with Crippen LogP contribution >= 0.6 is 0 Å². The molecule has 29 heavy (non-hydrogen) atoms. The first kappa shape index (κ1) is 19.8. The van der Waals surface area contributed by atoms with Crippen LogP contribution < -0.4 is 16.6 Å². The van der Waals surface area contributed by atoms with Crippen molar-refractivity contribution in [2.24, 2.45) is 0 Å². The summed E-state index contributed by atoms with van der Waals surface area (Å²) in [7, 11) is 0. The Morgan fingerprint density at radius 1 is 0.966 bits per heavy atom. The number of amides is 1. The standard InChI is InChI=1S/C21H19N3O5/c25-18-10-11-24(21(28)23-18)13-20(27)29-14-19(26)22-17-9-5-4-8-16(17)12-15-6-2-1-3-7-15/h1-11H,12-14H2,(H,22,26)(H,23,25,28). The minimum absolute atomic E-state index is 0.409. The van der Waals surface area contributed by atoms with Crippen molar-refractivity contribution in [2.75, 3.05) is 11.9 Å². The maximum absolute atomic E-state index is 12.2. The number of nitrogens with one attached hydrogen (secondary N) is 2. The lowest BCUT2D eigenvalue weighted by Gasteiger charge is -2.12. The van der Waals surface area contributed by atoms with Gasteiger partial charge in [-0.3, -0.25) is 23.9 Å². The van der Waals surface area contributed by atoms with Crippen molar-refractivity contribution in [3.8, 4) is 0 Å². The fraction of sp³-hybridized carbons (Fsp3) is 0.143. The minimum Gasteiger partial charge on any atom is -0.454 e. The second-order valence-electron chi connectivity index (χ2n) is 6.27. The van der Waals surface area contributed by atoms with Gasteiger partial charge in [0.25, 0.3) is 11.5 Å². The fourth-order valence-electron chi connectivity index (χ4n) is 2.70. The molecule has 1 aromatic heterocycles. The topological polar surface area (TPSA) is 110 Å². The predicted octanol–water partition coefficient (Wildman–Crippen LogP) is 1.31. The van der Waals surface area contributed by atoms with E-state index >= 15 is 0 Å². The zero-order valence-corrected chi connectivity index (χ0v) is 15.5. The summed E-state index contributed by atoms with van der Waals surface area (Å²) in [5.74, 6) is -1.26. The number of anilines is 1. The van der Waals surface area contributed by atoms with Crippen molar-refractivity contribution in [3.05, 3.63) is 98.8 Å². The molecule has 0 spiro atoms. The molecule has 0 unspecified atom stereocenters. The highest BCUT2D eigenvalue weighted by atomic mass is 16.5. The third kappa shape index (κ3) is 5.77. The van der Waals surface area contributed by atoms with Crippen LogP contribution in [-0.4, -0.2) is 28.0 Å². The fourth-order valence-corrected chi connectivity index (χ4v) is 2.70. The van der Waals surface area contributed by atoms with E-state index in [1.54, 1.807) is 12.1 Å². The van der Waals surface area contributed by atoms with Crippen molar-refractivity contribution >= 4 is 17.6 Å². The number of esters is 1. The van der Waals surface area contributed by atoms with Gasteiger partial charge in [-0.1, -0.05) is 48.5 Å². The molecule has 8 nitrogen and oxygen atoms in total. The molecule has 1 amide bonds. The van der Waals surface area contributed by atoms with E-state index in [0.29, 0.717) is 12.1 Å². The van der Waals surface area contributed by atoms with Gasteiger partial charge in [-0.15, -0.1) is 0 Å². The molecule has 8 heteroatoms. The van der Waals surface area contributed by atoms with E-state index in [2.05, 4.69) is 5.32 Å². The molecular weight excluding hydrogens is 374 g/mol. The van der Waals surface area contributed by atoms with Crippen molar-refractivity contribution in [3.63, 3.8) is 0 Å². The predicted molar refractivity (Wildman–Crippen MR) is 107 cm³/mol.